The molecule has 2 fully saturated rings. The quantitative estimate of drug-likeness (QED) is 0.848. The number of anilines is 1. The lowest BCUT2D eigenvalue weighted by Gasteiger charge is -2.43. The van der Waals surface area contributed by atoms with Crippen molar-refractivity contribution < 1.29 is 9.53 Å². The molecule has 29 heavy (non-hydrogen) atoms. The van der Waals surface area contributed by atoms with Crippen LogP contribution in [0.15, 0.2) is 48.8 Å². The largest absolute Gasteiger partial charge is 0.365 e. The lowest BCUT2D eigenvalue weighted by atomic mass is 9.84. The van der Waals surface area contributed by atoms with E-state index in [1.807, 2.05) is 21.9 Å². The van der Waals surface area contributed by atoms with Crippen LogP contribution in [0, 0.1) is 0 Å². The average Bonchev–Trinajstić information content (AvgIpc) is 3.14. The molecule has 1 aromatic heterocycles. The van der Waals surface area contributed by atoms with Gasteiger partial charge in [-0.2, -0.15) is 0 Å². The molecule has 0 radical (unpaired) electrons. The molecule has 152 valence electrons. The monoisotopic (exact) mass is 392 g/mol. The highest BCUT2D eigenvalue weighted by molar-refractivity contribution is 5.92. The third kappa shape index (κ3) is 3.40. The highest BCUT2D eigenvalue weighted by atomic mass is 16.5. The fourth-order valence-corrected chi connectivity index (χ4v) is 4.98. The molecule has 0 bridgehead atoms. The highest BCUT2D eigenvalue weighted by Crippen LogP contribution is 2.44. The summed E-state index contributed by atoms with van der Waals surface area (Å²) in [6.45, 7) is 3.04. The molecule has 1 atom stereocenters. The second kappa shape index (κ2) is 7.76. The van der Waals surface area contributed by atoms with Gasteiger partial charge in [0.15, 0.2) is 0 Å². The van der Waals surface area contributed by atoms with Crippen molar-refractivity contribution in [2.24, 2.45) is 0 Å². The van der Waals surface area contributed by atoms with Crippen LogP contribution in [0.1, 0.15) is 43.2 Å². The van der Waals surface area contributed by atoms with E-state index in [-0.39, 0.29) is 17.8 Å². The molecule has 1 spiro atoms. The third-order valence-electron chi connectivity index (χ3n) is 6.58. The number of amides is 2. The molecule has 3 aliphatic rings. The molecule has 4 heterocycles. The Kier molecular flexibility index (Phi) is 4.97. The van der Waals surface area contributed by atoms with E-state index in [4.69, 9.17) is 4.74 Å². The van der Waals surface area contributed by atoms with Gasteiger partial charge in [-0.25, -0.2) is 4.79 Å². The third-order valence-corrected chi connectivity index (χ3v) is 6.58. The molecule has 2 amide bonds. The molecule has 2 aromatic rings. The predicted octanol–water partition coefficient (Wildman–Crippen LogP) is 3.63. The summed E-state index contributed by atoms with van der Waals surface area (Å²) in [6, 6.07) is 12.4. The van der Waals surface area contributed by atoms with E-state index in [1.54, 1.807) is 12.4 Å². The zero-order chi connectivity index (χ0) is 19.7. The van der Waals surface area contributed by atoms with Crippen molar-refractivity contribution in [3.8, 4) is 0 Å². The lowest BCUT2D eigenvalue weighted by molar-refractivity contribution is -0.0726. The second-order valence-electron chi connectivity index (χ2n) is 8.26. The number of nitrogens with one attached hydrogen (secondary N) is 1. The molecule has 5 rings (SSSR count). The summed E-state index contributed by atoms with van der Waals surface area (Å²) in [5.74, 6) is 0. The van der Waals surface area contributed by atoms with Crippen LogP contribution in [0.4, 0.5) is 10.5 Å². The molecule has 3 aliphatic heterocycles. The van der Waals surface area contributed by atoms with Crippen molar-refractivity contribution in [2.75, 3.05) is 24.5 Å². The van der Waals surface area contributed by atoms with Gasteiger partial charge >= 0.3 is 6.03 Å². The van der Waals surface area contributed by atoms with E-state index < -0.39 is 0 Å². The number of fused-ring (bicyclic) bond motifs is 2. The Morgan fingerprint density at radius 3 is 2.79 bits per heavy atom. The van der Waals surface area contributed by atoms with Crippen LogP contribution in [0.3, 0.4) is 0 Å². The number of hydrogen-bond acceptors (Lipinski definition) is 4. The maximum Gasteiger partial charge on any atom is 0.325 e. The summed E-state index contributed by atoms with van der Waals surface area (Å²) in [7, 11) is 0. The molecular formula is C23H28N4O2. The van der Waals surface area contributed by atoms with Crippen molar-refractivity contribution in [2.45, 2.75) is 50.5 Å². The zero-order valence-electron chi connectivity index (χ0n) is 16.7. The zero-order valence-corrected chi connectivity index (χ0v) is 16.7. The number of hydrogen-bond donors (Lipinski definition) is 1. The van der Waals surface area contributed by atoms with E-state index >= 15 is 0 Å². The molecule has 6 heteroatoms. The maximum atomic E-state index is 13.6. The molecule has 1 aromatic carbocycles. The van der Waals surface area contributed by atoms with Crippen LogP contribution in [0.2, 0.25) is 0 Å². The van der Waals surface area contributed by atoms with Gasteiger partial charge in [0.25, 0.3) is 0 Å². The molecule has 0 aliphatic carbocycles. The van der Waals surface area contributed by atoms with Crippen LogP contribution in [-0.4, -0.2) is 41.7 Å². The maximum absolute atomic E-state index is 13.6. The Balaban J connectivity index is 1.34. The number of benzene rings is 1. The SMILES string of the molecule is O=C(N1CCC2(CC1)OCc1ccccc12)N(c1cccnc1)C1CCCCN1. The van der Waals surface area contributed by atoms with Gasteiger partial charge in [0, 0.05) is 19.3 Å². The minimum Gasteiger partial charge on any atom is -0.365 e. The van der Waals surface area contributed by atoms with E-state index in [2.05, 4.69) is 34.6 Å². The van der Waals surface area contributed by atoms with Crippen LogP contribution in [0.5, 0.6) is 0 Å². The number of carbonyl (C=O) groups is 1. The standard InChI is InChI=1S/C23H28N4O2/c28-22(27(19-7-5-12-24-16-19)21-9-3-4-13-25-21)26-14-10-23(11-15-26)20-8-2-1-6-18(20)17-29-23/h1-2,5-8,12,16,21,25H,3-4,9-11,13-15,17H2. The van der Waals surface area contributed by atoms with Crippen LogP contribution in [-0.2, 0) is 16.9 Å². The first-order valence-electron chi connectivity index (χ1n) is 10.7. The van der Waals surface area contributed by atoms with Crippen molar-refractivity contribution in [1.29, 1.82) is 0 Å². The lowest BCUT2D eigenvalue weighted by Crippen LogP contribution is -2.57. The predicted molar refractivity (Wildman–Crippen MR) is 111 cm³/mol. The number of urea groups is 1. The number of aromatic nitrogens is 1. The van der Waals surface area contributed by atoms with Gasteiger partial charge in [-0.1, -0.05) is 24.3 Å². The van der Waals surface area contributed by atoms with Gasteiger partial charge in [-0.15, -0.1) is 0 Å². The number of likely N-dealkylation sites (tertiary alicyclic amines) is 1. The van der Waals surface area contributed by atoms with Gasteiger partial charge < -0.3 is 9.64 Å². The van der Waals surface area contributed by atoms with Gasteiger partial charge in [0.2, 0.25) is 0 Å². The Morgan fingerprint density at radius 1 is 1.17 bits per heavy atom. The summed E-state index contributed by atoms with van der Waals surface area (Å²) in [5, 5.41) is 3.53. The van der Waals surface area contributed by atoms with Gasteiger partial charge in [0.05, 0.1) is 30.3 Å². The summed E-state index contributed by atoms with van der Waals surface area (Å²) in [5.41, 5.74) is 3.23. The Hall–Kier alpha value is -2.44. The first-order chi connectivity index (χ1) is 14.3. The number of rotatable bonds is 2. The number of piperidine rings is 2. The summed E-state index contributed by atoms with van der Waals surface area (Å²) >= 11 is 0. The molecule has 2 saturated heterocycles. The fourth-order valence-electron chi connectivity index (χ4n) is 4.98. The Morgan fingerprint density at radius 2 is 2.03 bits per heavy atom. The fraction of sp³-hybridized carbons (Fsp3) is 0.478. The van der Waals surface area contributed by atoms with E-state index in [0.717, 1.165) is 44.3 Å². The van der Waals surface area contributed by atoms with Crippen LogP contribution in [0.25, 0.3) is 0 Å². The highest BCUT2D eigenvalue weighted by Gasteiger charge is 2.44. The van der Waals surface area contributed by atoms with Crippen molar-refractivity contribution in [1.82, 2.24) is 15.2 Å². The van der Waals surface area contributed by atoms with Gasteiger partial charge in [0.1, 0.15) is 0 Å². The Labute approximate surface area is 171 Å². The molecule has 1 N–H and O–H groups in total. The molecule has 1 unspecified atom stereocenters. The minimum absolute atomic E-state index is 0.0276. The minimum atomic E-state index is -0.227. The normalized spacial score (nSPS) is 23.0. The first-order valence-corrected chi connectivity index (χ1v) is 10.7. The molecular weight excluding hydrogens is 364 g/mol. The molecule has 6 nitrogen and oxygen atoms in total. The summed E-state index contributed by atoms with van der Waals surface area (Å²) < 4.78 is 6.27. The van der Waals surface area contributed by atoms with E-state index in [9.17, 15) is 4.79 Å². The van der Waals surface area contributed by atoms with Crippen molar-refractivity contribution in [3.05, 3.63) is 59.9 Å². The number of carbonyl (C=O) groups excluding carboxylic acids is 1. The van der Waals surface area contributed by atoms with Crippen LogP contribution < -0.4 is 10.2 Å². The average molecular weight is 393 g/mol. The summed E-state index contributed by atoms with van der Waals surface area (Å²) in [4.78, 5) is 21.7. The van der Waals surface area contributed by atoms with Crippen LogP contribution >= 0.6 is 0 Å². The van der Waals surface area contributed by atoms with E-state index in [1.165, 1.54) is 11.1 Å². The van der Waals surface area contributed by atoms with Crippen molar-refractivity contribution >= 4 is 11.7 Å². The van der Waals surface area contributed by atoms with Gasteiger partial charge in [-0.05, 0) is 61.9 Å². The Bertz CT molecular complexity index is 858. The number of pyridine rings is 1. The number of nitrogens with zero attached hydrogens (tertiary/aromatic N) is 3. The molecule has 0 saturated carbocycles. The second-order valence-corrected chi connectivity index (χ2v) is 8.26. The van der Waals surface area contributed by atoms with E-state index in [0.29, 0.717) is 19.7 Å². The van der Waals surface area contributed by atoms with Gasteiger partial charge in [-0.3, -0.25) is 15.2 Å². The topological polar surface area (TPSA) is 57.7 Å². The number of ether oxygens (including phenoxy) is 1. The first kappa shape index (κ1) is 18.6. The smallest absolute Gasteiger partial charge is 0.325 e. The summed E-state index contributed by atoms with van der Waals surface area (Å²) in [6.07, 6.45) is 8.51. The van der Waals surface area contributed by atoms with Crippen molar-refractivity contribution in [3.63, 3.8) is 0 Å².